The van der Waals surface area contributed by atoms with Gasteiger partial charge in [0.2, 0.25) is 11.8 Å². The van der Waals surface area contributed by atoms with E-state index in [1.165, 1.54) is 0 Å². The van der Waals surface area contributed by atoms with Crippen LogP contribution in [0, 0.1) is 5.92 Å². The Balaban J connectivity index is 1.17. The maximum absolute atomic E-state index is 15.2. The van der Waals surface area contributed by atoms with Gasteiger partial charge in [-0.2, -0.15) is 4.98 Å². The zero-order valence-electron chi connectivity index (χ0n) is 21.5. The molecule has 35 heavy (non-hydrogen) atoms. The summed E-state index contributed by atoms with van der Waals surface area (Å²) in [6, 6.07) is 0.694. The number of carbonyl (C=O) groups is 1. The summed E-state index contributed by atoms with van der Waals surface area (Å²) in [7, 11) is 0. The number of piperidine rings is 1. The van der Waals surface area contributed by atoms with Crippen LogP contribution < -0.4 is 0 Å². The lowest BCUT2D eigenvalue weighted by Crippen LogP contribution is -2.56. The van der Waals surface area contributed by atoms with Crippen molar-refractivity contribution in [2.75, 3.05) is 39.3 Å². The molecule has 2 aliphatic carbocycles. The van der Waals surface area contributed by atoms with Crippen LogP contribution in [0.25, 0.3) is 0 Å². The van der Waals surface area contributed by atoms with Gasteiger partial charge >= 0.3 is 0 Å². The highest BCUT2D eigenvalue weighted by molar-refractivity contribution is 5.76. The van der Waals surface area contributed by atoms with Crippen LogP contribution in [0.3, 0.4) is 0 Å². The smallest absolute Gasteiger partial charge is 0.232 e. The number of rotatable bonds is 6. The number of piperazine rings is 1. The van der Waals surface area contributed by atoms with Crippen molar-refractivity contribution in [3.63, 3.8) is 0 Å². The molecular formula is C26H41F2N5O2. The first-order valence-electron chi connectivity index (χ1n) is 13.6. The van der Waals surface area contributed by atoms with Crippen LogP contribution in [-0.2, 0) is 10.2 Å². The molecule has 5 rings (SSSR count). The summed E-state index contributed by atoms with van der Waals surface area (Å²) in [6.45, 7) is 11.7. The van der Waals surface area contributed by atoms with E-state index < -0.39 is 12.3 Å². The Morgan fingerprint density at radius 1 is 1.09 bits per heavy atom. The fraction of sp³-hybridized carbons (Fsp3) is 0.885. The largest absolute Gasteiger partial charge is 0.343 e. The van der Waals surface area contributed by atoms with Gasteiger partial charge in [0, 0.05) is 69.1 Å². The third-order valence-corrected chi connectivity index (χ3v) is 9.13. The number of amides is 1. The Labute approximate surface area is 207 Å². The summed E-state index contributed by atoms with van der Waals surface area (Å²) in [5, 5.41) is 4.14. The Bertz CT molecular complexity index is 879. The number of alkyl halides is 2. The number of likely N-dealkylation sites (tertiary alicyclic amines) is 1. The van der Waals surface area contributed by atoms with Crippen LogP contribution in [0.1, 0.15) is 83.3 Å². The summed E-state index contributed by atoms with van der Waals surface area (Å²) in [6.07, 6.45) is 2.90. The van der Waals surface area contributed by atoms with Crippen LogP contribution in [0.4, 0.5) is 8.78 Å². The number of aromatic nitrogens is 2. The Hall–Kier alpha value is -1.61. The summed E-state index contributed by atoms with van der Waals surface area (Å²) in [4.78, 5) is 24.6. The van der Waals surface area contributed by atoms with Crippen molar-refractivity contribution in [3.8, 4) is 0 Å². The van der Waals surface area contributed by atoms with Gasteiger partial charge in [0.15, 0.2) is 5.82 Å². The fourth-order valence-electron chi connectivity index (χ4n) is 6.35. The summed E-state index contributed by atoms with van der Waals surface area (Å²) in [5.41, 5.74) is -0.286. The van der Waals surface area contributed by atoms with E-state index in [4.69, 9.17) is 4.52 Å². The molecule has 5 atom stereocenters. The van der Waals surface area contributed by atoms with Crippen molar-refractivity contribution in [2.45, 2.75) is 101 Å². The third kappa shape index (κ3) is 5.26. The van der Waals surface area contributed by atoms with Gasteiger partial charge in [-0.1, -0.05) is 12.1 Å². The molecule has 2 saturated heterocycles. The van der Waals surface area contributed by atoms with Crippen molar-refractivity contribution in [2.24, 2.45) is 5.92 Å². The van der Waals surface area contributed by atoms with Gasteiger partial charge in [0.1, 0.15) is 12.3 Å². The second-order valence-electron chi connectivity index (χ2n) is 11.8. The zero-order chi connectivity index (χ0) is 24.7. The number of halogens is 2. The van der Waals surface area contributed by atoms with Crippen LogP contribution in [0.5, 0.6) is 0 Å². The molecule has 196 valence electrons. The SMILES string of the molecule is CC(C)N1CCN([C@H]2CCC[C@H](F)C2CC(=O)N2CCC(C)(c3noc([C@@H]4C[C@@H]4F)n3)CC2)CC1. The molecule has 7 nitrogen and oxygen atoms in total. The van der Waals surface area contributed by atoms with Crippen LogP contribution in [0.2, 0.25) is 0 Å². The Morgan fingerprint density at radius 3 is 2.40 bits per heavy atom. The molecule has 1 unspecified atom stereocenters. The Kier molecular flexibility index (Phi) is 7.19. The molecule has 1 amide bonds. The van der Waals surface area contributed by atoms with Gasteiger partial charge in [-0.25, -0.2) is 8.78 Å². The second-order valence-corrected chi connectivity index (χ2v) is 11.8. The molecular weight excluding hydrogens is 452 g/mol. The minimum atomic E-state index is -0.907. The summed E-state index contributed by atoms with van der Waals surface area (Å²) >= 11 is 0. The molecule has 2 saturated carbocycles. The van der Waals surface area contributed by atoms with Crippen molar-refractivity contribution >= 4 is 5.91 Å². The predicted molar refractivity (Wildman–Crippen MR) is 129 cm³/mol. The minimum absolute atomic E-state index is 0.0690. The van der Waals surface area contributed by atoms with Crippen molar-refractivity contribution in [3.05, 3.63) is 11.7 Å². The van der Waals surface area contributed by atoms with Crippen LogP contribution in [-0.4, -0.2) is 94.4 Å². The standard InChI is InChI=1S/C26H41F2N5O2/c1-17(2)31-11-13-32(14-12-31)22-6-4-5-20(27)18(22)16-23(34)33-9-7-26(3,8-10-33)25-29-24(35-30-25)19-15-21(19)28/h17-22H,4-16H2,1-3H3/t18?,19-,20+,21+,22+/m1/s1. The lowest BCUT2D eigenvalue weighted by molar-refractivity contribution is -0.136. The van der Waals surface area contributed by atoms with Crippen molar-refractivity contribution in [1.82, 2.24) is 24.8 Å². The van der Waals surface area contributed by atoms with Crippen molar-refractivity contribution in [1.29, 1.82) is 0 Å². The van der Waals surface area contributed by atoms with Gasteiger partial charge in [-0.15, -0.1) is 0 Å². The number of hydrogen-bond acceptors (Lipinski definition) is 6. The van der Waals surface area contributed by atoms with Gasteiger partial charge in [0.05, 0.1) is 5.92 Å². The monoisotopic (exact) mass is 493 g/mol. The van der Waals surface area contributed by atoms with E-state index >= 15 is 4.39 Å². The lowest BCUT2D eigenvalue weighted by Gasteiger charge is -2.46. The predicted octanol–water partition coefficient (Wildman–Crippen LogP) is 3.70. The van der Waals surface area contributed by atoms with Crippen molar-refractivity contribution < 1.29 is 18.1 Å². The van der Waals surface area contributed by atoms with E-state index in [2.05, 4.69) is 40.7 Å². The number of carbonyl (C=O) groups excluding carboxylic acids is 1. The number of hydrogen-bond donors (Lipinski definition) is 0. The second kappa shape index (κ2) is 10.0. The molecule has 3 heterocycles. The van der Waals surface area contributed by atoms with E-state index in [0.717, 1.165) is 51.9 Å². The molecule has 1 aromatic heterocycles. The van der Waals surface area contributed by atoms with Gasteiger partial charge in [-0.05, 0) is 52.4 Å². The quantitative estimate of drug-likeness (QED) is 0.602. The molecule has 4 aliphatic rings. The molecule has 0 N–H and O–H groups in total. The molecule has 1 aromatic rings. The zero-order valence-corrected chi connectivity index (χ0v) is 21.5. The van der Waals surface area contributed by atoms with Gasteiger partial charge < -0.3 is 9.42 Å². The number of nitrogens with zero attached hydrogens (tertiary/aromatic N) is 5. The van der Waals surface area contributed by atoms with Crippen LogP contribution in [0.15, 0.2) is 4.52 Å². The van der Waals surface area contributed by atoms with Gasteiger partial charge in [-0.3, -0.25) is 14.6 Å². The highest BCUT2D eigenvalue weighted by Gasteiger charge is 2.46. The average Bonchev–Trinajstić information content (AvgIpc) is 3.36. The van der Waals surface area contributed by atoms with E-state index in [1.54, 1.807) is 0 Å². The maximum Gasteiger partial charge on any atom is 0.232 e. The molecule has 0 bridgehead atoms. The first kappa shape index (κ1) is 25.1. The average molecular weight is 494 g/mol. The Morgan fingerprint density at radius 2 is 1.77 bits per heavy atom. The van der Waals surface area contributed by atoms with Gasteiger partial charge in [0.25, 0.3) is 0 Å². The molecule has 0 radical (unpaired) electrons. The van der Waals surface area contributed by atoms with E-state index in [-0.39, 0.29) is 29.2 Å². The highest BCUT2D eigenvalue weighted by Crippen LogP contribution is 2.44. The molecule has 0 aromatic carbocycles. The highest BCUT2D eigenvalue weighted by atomic mass is 19.1. The maximum atomic E-state index is 15.2. The van der Waals surface area contributed by atoms with Crippen LogP contribution >= 0.6 is 0 Å². The molecule has 4 fully saturated rings. The third-order valence-electron chi connectivity index (χ3n) is 9.13. The normalized spacial score (nSPS) is 34.3. The topological polar surface area (TPSA) is 65.7 Å². The summed E-state index contributed by atoms with van der Waals surface area (Å²) in [5.74, 6) is 0.628. The first-order valence-corrected chi connectivity index (χ1v) is 13.6. The molecule has 2 aliphatic heterocycles. The summed E-state index contributed by atoms with van der Waals surface area (Å²) < 4.78 is 33.9. The van der Waals surface area contributed by atoms with E-state index in [9.17, 15) is 9.18 Å². The van der Waals surface area contributed by atoms with E-state index in [1.807, 2.05) is 4.90 Å². The lowest BCUT2D eigenvalue weighted by atomic mass is 9.78. The molecule has 0 spiro atoms. The first-order chi connectivity index (χ1) is 16.7. The minimum Gasteiger partial charge on any atom is -0.343 e. The molecule has 9 heteroatoms. The fourth-order valence-corrected chi connectivity index (χ4v) is 6.35. The van der Waals surface area contributed by atoms with E-state index in [0.29, 0.717) is 50.1 Å².